The molecule has 0 radical (unpaired) electrons. The van der Waals surface area contributed by atoms with Crippen LogP contribution in [-0.4, -0.2) is 47.4 Å². The van der Waals surface area contributed by atoms with Crippen molar-refractivity contribution in [3.63, 3.8) is 0 Å². The average Bonchev–Trinajstić information content (AvgIpc) is 2.75. The smallest absolute Gasteiger partial charge is 0.241 e. The fourth-order valence-electron chi connectivity index (χ4n) is 3.89. The molecule has 8 nitrogen and oxygen atoms in total. The molecular weight excluding hydrogens is 444 g/mol. The van der Waals surface area contributed by atoms with E-state index in [1.807, 2.05) is 26.0 Å². The van der Waals surface area contributed by atoms with Gasteiger partial charge in [0.15, 0.2) is 11.5 Å². The van der Waals surface area contributed by atoms with Gasteiger partial charge < -0.3 is 19.5 Å². The zero-order valence-corrected chi connectivity index (χ0v) is 20.8. The summed E-state index contributed by atoms with van der Waals surface area (Å²) in [6, 6.07) is 8.52. The Balaban J connectivity index is 1.81. The van der Waals surface area contributed by atoms with Crippen LogP contribution in [0.25, 0.3) is 0 Å². The minimum Gasteiger partial charge on any atom is -0.496 e. The molecule has 0 aromatic heterocycles. The van der Waals surface area contributed by atoms with E-state index in [1.165, 1.54) is 0 Å². The first kappa shape index (κ1) is 24.7. The summed E-state index contributed by atoms with van der Waals surface area (Å²) in [5, 5.41) is 2.93. The van der Waals surface area contributed by atoms with Crippen LogP contribution >= 0.6 is 0 Å². The number of aryl methyl sites for hydroxylation is 1. The standard InChI is InChI=1S/C24H32N2O6S/c1-15(2)19-13-20(16(3)11-22(19)30-5)17(4)25-24(27)14-26(33(6,28)29)18-7-8-21-23(12-18)32-10-9-31-21/h7-8,11-13,15,17H,9-10,14H2,1-6H3,(H,25,27)/t17-/m0/s1. The predicted octanol–water partition coefficient (Wildman–Crippen LogP) is 3.54. The van der Waals surface area contributed by atoms with Crippen molar-refractivity contribution in [3.8, 4) is 17.2 Å². The predicted molar refractivity (Wildman–Crippen MR) is 128 cm³/mol. The molecule has 1 amide bonds. The van der Waals surface area contributed by atoms with Crippen molar-refractivity contribution in [2.45, 2.75) is 39.7 Å². The van der Waals surface area contributed by atoms with Gasteiger partial charge in [0.25, 0.3) is 0 Å². The molecule has 1 heterocycles. The van der Waals surface area contributed by atoms with Gasteiger partial charge in [-0.15, -0.1) is 0 Å². The lowest BCUT2D eigenvalue weighted by Gasteiger charge is -2.26. The summed E-state index contributed by atoms with van der Waals surface area (Å²) in [5.74, 6) is 1.65. The number of carbonyl (C=O) groups excluding carboxylic acids is 1. The van der Waals surface area contributed by atoms with Gasteiger partial charge in [-0.05, 0) is 60.7 Å². The summed E-state index contributed by atoms with van der Waals surface area (Å²) in [6.07, 6.45) is 1.07. The first-order valence-corrected chi connectivity index (χ1v) is 12.7. The second-order valence-corrected chi connectivity index (χ2v) is 10.4. The maximum absolute atomic E-state index is 12.9. The van der Waals surface area contributed by atoms with Gasteiger partial charge in [0.2, 0.25) is 15.9 Å². The topological polar surface area (TPSA) is 94.2 Å². The Morgan fingerprint density at radius 3 is 2.36 bits per heavy atom. The third kappa shape index (κ3) is 5.71. The Kier molecular flexibility index (Phi) is 7.41. The molecule has 2 aromatic rings. The van der Waals surface area contributed by atoms with Crippen LogP contribution in [0.3, 0.4) is 0 Å². The van der Waals surface area contributed by atoms with E-state index in [0.717, 1.165) is 33.0 Å². The number of nitrogens with one attached hydrogen (secondary N) is 1. The first-order chi connectivity index (χ1) is 15.5. The van der Waals surface area contributed by atoms with Crippen molar-refractivity contribution in [2.75, 3.05) is 37.4 Å². The van der Waals surface area contributed by atoms with E-state index in [0.29, 0.717) is 30.4 Å². The molecule has 0 aliphatic carbocycles. The maximum Gasteiger partial charge on any atom is 0.241 e. The molecule has 0 unspecified atom stereocenters. The Morgan fingerprint density at radius 2 is 1.76 bits per heavy atom. The van der Waals surface area contributed by atoms with Crippen LogP contribution < -0.4 is 23.8 Å². The summed E-state index contributed by atoms with van der Waals surface area (Å²) >= 11 is 0. The summed E-state index contributed by atoms with van der Waals surface area (Å²) < 4.78 is 42.6. The van der Waals surface area contributed by atoms with Gasteiger partial charge >= 0.3 is 0 Å². The molecule has 180 valence electrons. The number of hydrogen-bond acceptors (Lipinski definition) is 6. The highest BCUT2D eigenvalue weighted by Gasteiger charge is 2.25. The van der Waals surface area contributed by atoms with Crippen LogP contribution in [0.4, 0.5) is 5.69 Å². The molecule has 1 aliphatic rings. The second kappa shape index (κ2) is 9.91. The Morgan fingerprint density at radius 1 is 1.09 bits per heavy atom. The number of sulfonamides is 1. The quantitative estimate of drug-likeness (QED) is 0.626. The molecule has 0 saturated carbocycles. The van der Waals surface area contributed by atoms with Crippen LogP contribution in [-0.2, 0) is 14.8 Å². The van der Waals surface area contributed by atoms with Gasteiger partial charge in [0.1, 0.15) is 25.5 Å². The number of benzene rings is 2. The van der Waals surface area contributed by atoms with Gasteiger partial charge in [0.05, 0.1) is 25.1 Å². The van der Waals surface area contributed by atoms with E-state index in [1.54, 1.807) is 25.3 Å². The molecule has 1 aliphatic heterocycles. The summed E-state index contributed by atoms with van der Waals surface area (Å²) in [4.78, 5) is 12.9. The zero-order chi connectivity index (χ0) is 24.3. The van der Waals surface area contributed by atoms with Crippen molar-refractivity contribution >= 4 is 21.6 Å². The Hall–Kier alpha value is -2.94. The molecule has 0 fully saturated rings. The van der Waals surface area contributed by atoms with Crippen molar-refractivity contribution in [1.82, 2.24) is 5.32 Å². The number of anilines is 1. The number of hydrogen-bond donors (Lipinski definition) is 1. The number of nitrogens with zero attached hydrogens (tertiary/aromatic N) is 1. The number of rotatable bonds is 8. The van der Waals surface area contributed by atoms with Gasteiger partial charge in [0, 0.05) is 6.07 Å². The highest BCUT2D eigenvalue weighted by Crippen LogP contribution is 2.35. The Bertz CT molecular complexity index is 1130. The van der Waals surface area contributed by atoms with Crippen LogP contribution in [0, 0.1) is 6.92 Å². The molecule has 0 bridgehead atoms. The summed E-state index contributed by atoms with van der Waals surface area (Å²) in [7, 11) is -2.07. The van der Waals surface area contributed by atoms with Crippen LogP contribution in [0.2, 0.25) is 0 Å². The lowest BCUT2D eigenvalue weighted by molar-refractivity contribution is -0.120. The number of amides is 1. The highest BCUT2D eigenvalue weighted by molar-refractivity contribution is 7.92. The molecule has 0 spiro atoms. The van der Waals surface area contributed by atoms with Gasteiger partial charge in [-0.25, -0.2) is 8.42 Å². The SMILES string of the molecule is COc1cc(C)c([C@H](C)NC(=O)CN(c2ccc3c(c2)OCCO3)S(C)(=O)=O)cc1C(C)C. The normalized spacial score (nSPS) is 14.0. The third-order valence-electron chi connectivity index (χ3n) is 5.59. The molecule has 33 heavy (non-hydrogen) atoms. The van der Waals surface area contributed by atoms with Crippen molar-refractivity contribution < 1.29 is 27.4 Å². The minimum atomic E-state index is -3.72. The highest BCUT2D eigenvalue weighted by atomic mass is 32.2. The number of methoxy groups -OCH3 is 1. The summed E-state index contributed by atoms with van der Waals surface area (Å²) in [6.45, 7) is 8.47. The third-order valence-corrected chi connectivity index (χ3v) is 6.73. The van der Waals surface area contributed by atoms with E-state index in [-0.39, 0.29) is 18.5 Å². The largest absolute Gasteiger partial charge is 0.496 e. The zero-order valence-electron chi connectivity index (χ0n) is 20.0. The number of carbonyl (C=O) groups is 1. The number of fused-ring (bicyclic) bond motifs is 1. The van der Waals surface area contributed by atoms with Crippen molar-refractivity contribution in [2.24, 2.45) is 0 Å². The second-order valence-electron chi connectivity index (χ2n) is 8.49. The Labute approximate surface area is 195 Å². The fraction of sp³-hybridized carbons (Fsp3) is 0.458. The minimum absolute atomic E-state index is 0.248. The van der Waals surface area contributed by atoms with E-state index >= 15 is 0 Å². The fourth-order valence-corrected chi connectivity index (χ4v) is 4.74. The summed E-state index contributed by atoms with van der Waals surface area (Å²) in [5.41, 5.74) is 3.33. The van der Waals surface area contributed by atoms with E-state index in [9.17, 15) is 13.2 Å². The molecule has 1 N–H and O–H groups in total. The van der Waals surface area contributed by atoms with Crippen LogP contribution in [0.1, 0.15) is 49.4 Å². The van der Waals surface area contributed by atoms with Gasteiger partial charge in [-0.1, -0.05) is 13.8 Å². The maximum atomic E-state index is 12.9. The first-order valence-electron chi connectivity index (χ1n) is 10.9. The molecule has 1 atom stereocenters. The molecule has 9 heteroatoms. The van der Waals surface area contributed by atoms with Crippen LogP contribution in [0.5, 0.6) is 17.2 Å². The lowest BCUT2D eigenvalue weighted by Crippen LogP contribution is -2.41. The van der Waals surface area contributed by atoms with Crippen molar-refractivity contribution in [3.05, 3.63) is 47.0 Å². The molecule has 3 rings (SSSR count). The monoisotopic (exact) mass is 476 g/mol. The van der Waals surface area contributed by atoms with Crippen LogP contribution in [0.15, 0.2) is 30.3 Å². The average molecular weight is 477 g/mol. The lowest BCUT2D eigenvalue weighted by atomic mass is 9.93. The van der Waals surface area contributed by atoms with Gasteiger partial charge in [-0.2, -0.15) is 0 Å². The molecule has 0 saturated heterocycles. The van der Waals surface area contributed by atoms with E-state index in [2.05, 4.69) is 19.2 Å². The molecule has 2 aromatic carbocycles. The van der Waals surface area contributed by atoms with E-state index < -0.39 is 15.9 Å². The van der Waals surface area contributed by atoms with Gasteiger partial charge in [-0.3, -0.25) is 9.10 Å². The van der Waals surface area contributed by atoms with E-state index in [4.69, 9.17) is 14.2 Å². The molecular formula is C24H32N2O6S. The number of ether oxygens (including phenoxy) is 3. The van der Waals surface area contributed by atoms with Crippen molar-refractivity contribution in [1.29, 1.82) is 0 Å².